The van der Waals surface area contributed by atoms with Crippen LogP contribution in [0.2, 0.25) is 0 Å². The predicted molar refractivity (Wildman–Crippen MR) is 51.2 cm³/mol. The molecule has 1 aromatic heterocycles. The lowest BCUT2D eigenvalue weighted by Crippen LogP contribution is -2.30. The van der Waals surface area contributed by atoms with Gasteiger partial charge in [0.15, 0.2) is 5.82 Å². The molecule has 1 rings (SSSR count). The van der Waals surface area contributed by atoms with Gasteiger partial charge in [0.2, 0.25) is 0 Å². The number of aromatic amines is 1. The molecular formula is C7H10F3N3O2S. The summed E-state index contributed by atoms with van der Waals surface area (Å²) in [4.78, 5) is 0. The number of rotatable bonds is 4. The monoisotopic (exact) mass is 257 g/mol. The molecule has 0 radical (unpaired) electrons. The van der Waals surface area contributed by atoms with Crippen LogP contribution in [0.4, 0.5) is 19.0 Å². The lowest BCUT2D eigenvalue weighted by Gasteiger charge is -2.07. The number of hydrogen-bond donors (Lipinski definition) is 2. The summed E-state index contributed by atoms with van der Waals surface area (Å²) in [6.07, 6.45) is 1.36. The standard InChI is InChI=1S/C7H10F3N3O2S/c1-2-3-5-4-6(12-11-5)13-16(14,15)7(8,9)10/h4H,2-3H2,1H3,(H2,11,12,13). The minimum Gasteiger partial charge on any atom is -0.280 e. The number of anilines is 1. The van der Waals surface area contributed by atoms with E-state index in [0.717, 1.165) is 6.42 Å². The second-order valence-electron chi connectivity index (χ2n) is 3.08. The van der Waals surface area contributed by atoms with E-state index < -0.39 is 15.5 Å². The van der Waals surface area contributed by atoms with Gasteiger partial charge >= 0.3 is 15.5 Å². The van der Waals surface area contributed by atoms with Crippen molar-refractivity contribution in [3.05, 3.63) is 11.8 Å². The Morgan fingerprint density at radius 2 is 2.12 bits per heavy atom. The predicted octanol–water partition coefficient (Wildman–Crippen LogP) is 1.62. The van der Waals surface area contributed by atoms with Gasteiger partial charge < -0.3 is 0 Å². The highest BCUT2D eigenvalue weighted by molar-refractivity contribution is 7.93. The second kappa shape index (κ2) is 4.32. The number of aryl methyl sites for hydroxylation is 1. The van der Waals surface area contributed by atoms with Crippen LogP contribution in [-0.4, -0.2) is 24.1 Å². The number of alkyl halides is 3. The van der Waals surface area contributed by atoms with E-state index in [1.807, 2.05) is 6.92 Å². The Morgan fingerprint density at radius 1 is 1.50 bits per heavy atom. The molecule has 92 valence electrons. The summed E-state index contributed by atoms with van der Waals surface area (Å²) in [5.74, 6) is -0.360. The van der Waals surface area contributed by atoms with Gasteiger partial charge in [-0.05, 0) is 6.42 Å². The molecule has 0 atom stereocenters. The largest absolute Gasteiger partial charge is 0.516 e. The van der Waals surface area contributed by atoms with Crippen LogP contribution in [-0.2, 0) is 16.4 Å². The number of H-pyrrole nitrogens is 1. The quantitative estimate of drug-likeness (QED) is 0.860. The van der Waals surface area contributed by atoms with Crippen LogP contribution in [0.1, 0.15) is 19.0 Å². The zero-order valence-corrected chi connectivity index (χ0v) is 9.11. The first-order valence-electron chi connectivity index (χ1n) is 4.39. The fourth-order valence-corrected chi connectivity index (χ4v) is 1.50. The van der Waals surface area contributed by atoms with E-state index in [-0.39, 0.29) is 5.82 Å². The molecular weight excluding hydrogens is 247 g/mol. The van der Waals surface area contributed by atoms with Gasteiger partial charge in [0.25, 0.3) is 0 Å². The summed E-state index contributed by atoms with van der Waals surface area (Å²) < 4.78 is 58.7. The molecule has 0 aliphatic rings. The lowest BCUT2D eigenvalue weighted by atomic mass is 10.2. The van der Waals surface area contributed by atoms with Gasteiger partial charge in [-0.3, -0.25) is 9.82 Å². The smallest absolute Gasteiger partial charge is 0.280 e. The van der Waals surface area contributed by atoms with Crippen molar-refractivity contribution in [3.63, 3.8) is 0 Å². The van der Waals surface area contributed by atoms with Crippen LogP contribution >= 0.6 is 0 Å². The van der Waals surface area contributed by atoms with Crippen molar-refractivity contribution in [2.24, 2.45) is 0 Å². The minimum absolute atomic E-state index is 0.360. The first kappa shape index (κ1) is 12.8. The van der Waals surface area contributed by atoms with Gasteiger partial charge in [0, 0.05) is 11.8 Å². The maximum absolute atomic E-state index is 12.0. The molecule has 0 saturated heterocycles. The third kappa shape index (κ3) is 2.87. The van der Waals surface area contributed by atoms with Gasteiger partial charge in [-0.2, -0.15) is 26.7 Å². The van der Waals surface area contributed by atoms with Crippen LogP contribution < -0.4 is 4.72 Å². The van der Waals surface area contributed by atoms with E-state index in [0.29, 0.717) is 12.1 Å². The van der Waals surface area contributed by atoms with E-state index >= 15 is 0 Å². The highest BCUT2D eigenvalue weighted by atomic mass is 32.2. The van der Waals surface area contributed by atoms with Crippen molar-refractivity contribution in [1.82, 2.24) is 10.2 Å². The van der Waals surface area contributed by atoms with Crippen molar-refractivity contribution in [2.45, 2.75) is 25.3 Å². The van der Waals surface area contributed by atoms with Gasteiger partial charge in [-0.15, -0.1) is 0 Å². The molecule has 5 nitrogen and oxygen atoms in total. The Bertz CT molecular complexity index is 452. The number of aromatic nitrogens is 2. The fraction of sp³-hybridized carbons (Fsp3) is 0.571. The van der Waals surface area contributed by atoms with Crippen molar-refractivity contribution in [3.8, 4) is 0 Å². The molecule has 1 heterocycles. The molecule has 0 unspecified atom stereocenters. The topological polar surface area (TPSA) is 74.8 Å². The number of hydrogen-bond acceptors (Lipinski definition) is 3. The van der Waals surface area contributed by atoms with Gasteiger partial charge in [-0.1, -0.05) is 13.3 Å². The summed E-state index contributed by atoms with van der Waals surface area (Å²) in [7, 11) is -5.38. The number of nitrogens with zero attached hydrogens (tertiary/aromatic N) is 1. The number of nitrogens with one attached hydrogen (secondary N) is 2. The zero-order valence-electron chi connectivity index (χ0n) is 8.30. The third-order valence-electron chi connectivity index (χ3n) is 1.69. The van der Waals surface area contributed by atoms with Gasteiger partial charge in [-0.25, -0.2) is 0 Å². The summed E-state index contributed by atoms with van der Waals surface area (Å²) in [5, 5.41) is 5.85. The molecule has 0 spiro atoms. The van der Waals surface area contributed by atoms with Crippen molar-refractivity contribution < 1.29 is 21.6 Å². The van der Waals surface area contributed by atoms with Gasteiger partial charge in [0.1, 0.15) is 0 Å². The Labute approximate surface area is 90.1 Å². The van der Waals surface area contributed by atoms with E-state index in [1.54, 1.807) is 0 Å². The Kier molecular flexibility index (Phi) is 3.46. The molecule has 0 fully saturated rings. The average molecular weight is 257 g/mol. The molecule has 0 saturated carbocycles. The highest BCUT2D eigenvalue weighted by Gasteiger charge is 2.46. The molecule has 1 aromatic rings. The first-order chi connectivity index (χ1) is 7.26. The summed E-state index contributed by atoms with van der Waals surface area (Å²) >= 11 is 0. The number of halogens is 3. The van der Waals surface area contributed by atoms with Gasteiger partial charge in [0.05, 0.1) is 0 Å². The molecule has 16 heavy (non-hydrogen) atoms. The normalized spacial score (nSPS) is 12.8. The Morgan fingerprint density at radius 3 is 2.62 bits per heavy atom. The minimum atomic E-state index is -5.38. The highest BCUT2D eigenvalue weighted by Crippen LogP contribution is 2.24. The van der Waals surface area contributed by atoms with Crippen LogP contribution in [0.15, 0.2) is 6.07 Å². The fourth-order valence-electron chi connectivity index (χ4n) is 1.01. The Hall–Kier alpha value is -1.25. The van der Waals surface area contributed by atoms with E-state index in [2.05, 4.69) is 10.2 Å². The number of sulfonamides is 1. The average Bonchev–Trinajstić information content (AvgIpc) is 2.50. The molecule has 0 amide bonds. The first-order valence-corrected chi connectivity index (χ1v) is 5.88. The lowest BCUT2D eigenvalue weighted by molar-refractivity contribution is -0.0429. The van der Waals surface area contributed by atoms with Crippen molar-refractivity contribution in [2.75, 3.05) is 4.72 Å². The SMILES string of the molecule is CCCc1cc(NS(=O)(=O)C(F)(F)F)n[nH]1. The van der Waals surface area contributed by atoms with Crippen LogP contribution in [0.25, 0.3) is 0 Å². The third-order valence-corrected chi connectivity index (χ3v) is 2.78. The van der Waals surface area contributed by atoms with Crippen LogP contribution in [0.3, 0.4) is 0 Å². The Balaban J connectivity index is 2.81. The molecule has 0 aliphatic carbocycles. The van der Waals surface area contributed by atoms with E-state index in [4.69, 9.17) is 0 Å². The molecule has 0 aromatic carbocycles. The van der Waals surface area contributed by atoms with Crippen molar-refractivity contribution in [1.29, 1.82) is 0 Å². The van der Waals surface area contributed by atoms with E-state index in [1.165, 1.54) is 10.8 Å². The molecule has 9 heteroatoms. The summed E-state index contributed by atoms with van der Waals surface area (Å²) in [6.45, 7) is 1.88. The van der Waals surface area contributed by atoms with E-state index in [9.17, 15) is 21.6 Å². The van der Waals surface area contributed by atoms with Crippen LogP contribution in [0, 0.1) is 0 Å². The zero-order chi connectivity index (χ0) is 12.4. The molecule has 0 aliphatic heterocycles. The molecule has 0 bridgehead atoms. The van der Waals surface area contributed by atoms with Crippen molar-refractivity contribution >= 4 is 15.8 Å². The summed E-state index contributed by atoms with van der Waals surface area (Å²) in [6, 6.07) is 1.23. The maximum atomic E-state index is 12.0. The molecule has 2 N–H and O–H groups in total. The van der Waals surface area contributed by atoms with Crippen LogP contribution in [0.5, 0.6) is 0 Å². The summed E-state index contributed by atoms with van der Waals surface area (Å²) in [5.41, 5.74) is -4.76. The maximum Gasteiger partial charge on any atom is 0.516 e. The second-order valence-corrected chi connectivity index (χ2v) is 4.75.